The normalized spacial score (nSPS) is 14.4. The molecule has 2 N–H and O–H groups in total. The van der Waals surface area contributed by atoms with Gasteiger partial charge in [0.2, 0.25) is 0 Å². The molecule has 0 bridgehead atoms. The molecule has 0 heterocycles. The number of benzene rings is 1. The van der Waals surface area contributed by atoms with Crippen LogP contribution >= 0.6 is 23.8 Å². The minimum atomic E-state index is 0.533. The average Bonchev–Trinajstić information content (AvgIpc) is 3.02. The van der Waals surface area contributed by atoms with Crippen LogP contribution in [0.25, 0.3) is 0 Å². The number of thiocarbonyl (C=S) groups is 1. The third kappa shape index (κ3) is 3.00. The summed E-state index contributed by atoms with van der Waals surface area (Å²) in [6.45, 7) is 0. The Morgan fingerprint density at radius 2 is 2.25 bits per heavy atom. The molecule has 0 radical (unpaired) electrons. The van der Waals surface area contributed by atoms with Crippen molar-refractivity contribution in [2.24, 2.45) is 0 Å². The third-order valence-corrected chi connectivity index (χ3v) is 2.78. The number of hydrogen-bond acceptors (Lipinski definition) is 2. The molecule has 1 aliphatic carbocycles. The molecule has 2 rings (SSSR count). The van der Waals surface area contributed by atoms with Gasteiger partial charge in [-0.05, 0) is 43.3 Å². The maximum absolute atomic E-state index is 5.92. The number of ether oxygens (including phenoxy) is 1. The van der Waals surface area contributed by atoms with E-state index in [0.717, 1.165) is 11.4 Å². The number of methoxy groups -OCH3 is 1. The lowest BCUT2D eigenvalue weighted by molar-refractivity contribution is 0.417. The van der Waals surface area contributed by atoms with Crippen molar-refractivity contribution in [2.75, 3.05) is 12.4 Å². The molecule has 0 unspecified atom stereocenters. The van der Waals surface area contributed by atoms with Crippen molar-refractivity contribution >= 4 is 34.6 Å². The maximum Gasteiger partial charge on any atom is 0.171 e. The molecule has 1 fully saturated rings. The van der Waals surface area contributed by atoms with E-state index in [1.54, 1.807) is 19.2 Å². The van der Waals surface area contributed by atoms with E-state index in [1.165, 1.54) is 12.8 Å². The van der Waals surface area contributed by atoms with Gasteiger partial charge in [0, 0.05) is 11.1 Å². The Morgan fingerprint density at radius 1 is 1.50 bits per heavy atom. The number of hydrogen-bond donors (Lipinski definition) is 2. The number of rotatable bonds is 3. The van der Waals surface area contributed by atoms with E-state index >= 15 is 0 Å². The van der Waals surface area contributed by atoms with Crippen LogP contribution in [0.3, 0.4) is 0 Å². The van der Waals surface area contributed by atoms with Gasteiger partial charge in [0.25, 0.3) is 0 Å². The van der Waals surface area contributed by atoms with E-state index < -0.39 is 0 Å². The monoisotopic (exact) mass is 256 g/mol. The van der Waals surface area contributed by atoms with Crippen molar-refractivity contribution < 1.29 is 4.74 Å². The van der Waals surface area contributed by atoms with E-state index in [1.807, 2.05) is 6.07 Å². The highest BCUT2D eigenvalue weighted by Crippen LogP contribution is 2.28. The molecule has 0 saturated heterocycles. The van der Waals surface area contributed by atoms with E-state index in [4.69, 9.17) is 28.6 Å². The zero-order chi connectivity index (χ0) is 11.5. The van der Waals surface area contributed by atoms with Crippen molar-refractivity contribution in [2.45, 2.75) is 18.9 Å². The smallest absolute Gasteiger partial charge is 0.171 e. The highest BCUT2D eigenvalue weighted by Gasteiger charge is 2.22. The molecule has 5 heteroatoms. The molecule has 3 nitrogen and oxygen atoms in total. The summed E-state index contributed by atoms with van der Waals surface area (Å²) in [7, 11) is 1.62. The number of nitrogens with one attached hydrogen (secondary N) is 2. The number of anilines is 1. The highest BCUT2D eigenvalue weighted by atomic mass is 35.5. The first-order valence-corrected chi connectivity index (χ1v) is 5.88. The first-order chi connectivity index (χ1) is 7.69. The van der Waals surface area contributed by atoms with Gasteiger partial charge in [0.1, 0.15) is 5.75 Å². The number of halogens is 1. The standard InChI is InChI=1S/C11H13ClN2OS/c1-15-10-5-2-7(12)6-9(10)14-11(16)13-8-3-4-8/h2,5-6,8H,3-4H2,1H3,(H2,13,14,16). The molecule has 1 saturated carbocycles. The van der Waals surface area contributed by atoms with Crippen LogP contribution in [-0.2, 0) is 0 Å². The highest BCUT2D eigenvalue weighted by molar-refractivity contribution is 7.80. The second-order valence-electron chi connectivity index (χ2n) is 3.72. The third-order valence-electron chi connectivity index (χ3n) is 2.32. The fraction of sp³-hybridized carbons (Fsp3) is 0.364. The second kappa shape index (κ2) is 4.89. The SMILES string of the molecule is COc1ccc(Cl)cc1NC(=S)NC1CC1. The minimum absolute atomic E-state index is 0.533. The summed E-state index contributed by atoms with van der Waals surface area (Å²) >= 11 is 11.1. The summed E-state index contributed by atoms with van der Waals surface area (Å²) in [6.07, 6.45) is 2.38. The lowest BCUT2D eigenvalue weighted by Crippen LogP contribution is -2.30. The second-order valence-corrected chi connectivity index (χ2v) is 4.56. The van der Waals surface area contributed by atoms with Gasteiger partial charge in [-0.3, -0.25) is 0 Å². The lowest BCUT2D eigenvalue weighted by atomic mass is 10.3. The topological polar surface area (TPSA) is 33.3 Å². The summed E-state index contributed by atoms with van der Waals surface area (Å²) < 4.78 is 5.21. The van der Waals surface area contributed by atoms with Crippen molar-refractivity contribution in [3.8, 4) is 5.75 Å². The van der Waals surface area contributed by atoms with Crippen LogP contribution in [0.15, 0.2) is 18.2 Å². The average molecular weight is 257 g/mol. The van der Waals surface area contributed by atoms with Gasteiger partial charge in [-0.25, -0.2) is 0 Å². The van der Waals surface area contributed by atoms with Crippen molar-refractivity contribution in [1.29, 1.82) is 0 Å². The summed E-state index contributed by atoms with van der Waals surface area (Å²) in [5.41, 5.74) is 0.785. The summed E-state index contributed by atoms with van der Waals surface area (Å²) in [5, 5.41) is 7.54. The van der Waals surface area contributed by atoms with Gasteiger partial charge in [-0.2, -0.15) is 0 Å². The van der Waals surface area contributed by atoms with Crippen LogP contribution < -0.4 is 15.4 Å². The predicted octanol–water partition coefficient (Wildman–Crippen LogP) is 2.80. The van der Waals surface area contributed by atoms with Gasteiger partial charge in [-0.1, -0.05) is 11.6 Å². The molecule has 86 valence electrons. The van der Waals surface area contributed by atoms with Gasteiger partial charge in [0.05, 0.1) is 12.8 Å². The summed E-state index contributed by atoms with van der Waals surface area (Å²) in [4.78, 5) is 0. The van der Waals surface area contributed by atoms with Crippen LogP contribution in [0.5, 0.6) is 5.75 Å². The zero-order valence-corrected chi connectivity index (χ0v) is 10.5. The van der Waals surface area contributed by atoms with E-state index in [0.29, 0.717) is 16.2 Å². The maximum atomic E-state index is 5.92. The molecule has 1 aromatic rings. The Kier molecular flexibility index (Phi) is 3.51. The van der Waals surface area contributed by atoms with E-state index in [2.05, 4.69) is 10.6 Å². The Bertz CT molecular complexity index is 407. The molecular weight excluding hydrogens is 244 g/mol. The van der Waals surface area contributed by atoms with Crippen molar-refractivity contribution in [3.05, 3.63) is 23.2 Å². The van der Waals surface area contributed by atoms with Crippen LogP contribution in [0.1, 0.15) is 12.8 Å². The first-order valence-electron chi connectivity index (χ1n) is 5.10. The molecule has 16 heavy (non-hydrogen) atoms. The molecule has 0 atom stereocenters. The molecular formula is C11H13ClN2OS. The van der Waals surface area contributed by atoms with Crippen LogP contribution in [0.2, 0.25) is 5.02 Å². The zero-order valence-electron chi connectivity index (χ0n) is 8.92. The fourth-order valence-electron chi connectivity index (χ4n) is 1.35. The largest absolute Gasteiger partial charge is 0.495 e. The molecule has 0 spiro atoms. The van der Waals surface area contributed by atoms with Gasteiger partial charge >= 0.3 is 0 Å². The molecule has 1 aromatic carbocycles. The van der Waals surface area contributed by atoms with E-state index in [-0.39, 0.29) is 0 Å². The van der Waals surface area contributed by atoms with Gasteiger partial charge in [-0.15, -0.1) is 0 Å². The molecule has 1 aliphatic rings. The molecule has 0 aromatic heterocycles. The van der Waals surface area contributed by atoms with Crippen molar-refractivity contribution in [3.63, 3.8) is 0 Å². The fourth-order valence-corrected chi connectivity index (χ4v) is 1.80. The molecule has 0 aliphatic heterocycles. The predicted molar refractivity (Wildman–Crippen MR) is 70.4 cm³/mol. The van der Waals surface area contributed by atoms with Crippen LogP contribution in [0.4, 0.5) is 5.69 Å². The minimum Gasteiger partial charge on any atom is -0.495 e. The van der Waals surface area contributed by atoms with Gasteiger partial charge < -0.3 is 15.4 Å². The Labute approximate surface area is 105 Å². The molecule has 0 amide bonds. The van der Waals surface area contributed by atoms with E-state index in [9.17, 15) is 0 Å². The first kappa shape index (κ1) is 11.5. The van der Waals surface area contributed by atoms with Crippen molar-refractivity contribution in [1.82, 2.24) is 5.32 Å². The quantitative estimate of drug-likeness (QED) is 0.815. The van der Waals surface area contributed by atoms with Gasteiger partial charge in [0.15, 0.2) is 5.11 Å². The lowest BCUT2D eigenvalue weighted by Gasteiger charge is -2.13. The Hall–Kier alpha value is -1.00. The summed E-state index contributed by atoms with van der Waals surface area (Å²) in [6, 6.07) is 5.92. The van der Waals surface area contributed by atoms with Crippen LogP contribution in [0, 0.1) is 0 Å². The summed E-state index contributed by atoms with van der Waals surface area (Å²) in [5.74, 6) is 0.726. The Morgan fingerprint density at radius 3 is 2.88 bits per heavy atom. The Balaban J connectivity index is 2.05. The van der Waals surface area contributed by atoms with Crippen LogP contribution in [-0.4, -0.2) is 18.3 Å².